The van der Waals surface area contributed by atoms with Gasteiger partial charge in [-0.3, -0.25) is 4.79 Å². The second kappa shape index (κ2) is 9.09. The molecule has 1 fully saturated rings. The van der Waals surface area contributed by atoms with E-state index in [9.17, 15) is 4.79 Å². The third-order valence-electron chi connectivity index (χ3n) is 5.16. The average Bonchev–Trinajstić information content (AvgIpc) is 3.06. The minimum Gasteiger partial charge on any atom is -0.351 e. The van der Waals surface area contributed by atoms with E-state index in [1.807, 2.05) is 28.9 Å². The minimum absolute atomic E-state index is 0. The highest BCUT2D eigenvalue weighted by molar-refractivity contribution is 6.30. The Bertz CT molecular complexity index is 765. The summed E-state index contributed by atoms with van der Waals surface area (Å²) in [5, 5.41) is 11.7. The first kappa shape index (κ1) is 21.7. The molecule has 27 heavy (non-hydrogen) atoms. The first-order valence-corrected chi connectivity index (χ1v) is 9.60. The lowest BCUT2D eigenvalue weighted by molar-refractivity contribution is 0.0921. The van der Waals surface area contributed by atoms with Crippen molar-refractivity contribution in [1.82, 2.24) is 20.4 Å². The molecule has 2 N–H and O–H groups in total. The number of aromatic nitrogens is 2. The van der Waals surface area contributed by atoms with Gasteiger partial charge in [-0.05, 0) is 61.5 Å². The Morgan fingerprint density at radius 1 is 1.30 bits per heavy atom. The fourth-order valence-electron chi connectivity index (χ4n) is 3.47. The number of rotatable bonds is 5. The van der Waals surface area contributed by atoms with Gasteiger partial charge in [0.15, 0.2) is 0 Å². The van der Waals surface area contributed by atoms with E-state index >= 15 is 0 Å². The van der Waals surface area contributed by atoms with Crippen LogP contribution >= 0.6 is 24.0 Å². The van der Waals surface area contributed by atoms with Gasteiger partial charge in [-0.25, -0.2) is 4.68 Å². The van der Waals surface area contributed by atoms with Gasteiger partial charge in [0.05, 0.1) is 23.1 Å². The van der Waals surface area contributed by atoms with E-state index < -0.39 is 0 Å². The molecule has 5 nitrogen and oxygen atoms in total. The molecule has 0 aliphatic carbocycles. The van der Waals surface area contributed by atoms with Gasteiger partial charge in [-0.1, -0.05) is 32.4 Å². The normalized spacial score (nSPS) is 16.0. The molecule has 7 heteroatoms. The molecule has 2 aromatic rings. The molecule has 1 aromatic carbocycles. The Balaban J connectivity index is 0.00000261. The fourth-order valence-corrected chi connectivity index (χ4v) is 3.60. The SMILES string of the molecule is CC(C)c1c(C(=O)NCC2(C)CCNCC2)cnn1-c1ccc(Cl)cc1.Cl. The summed E-state index contributed by atoms with van der Waals surface area (Å²) in [5.74, 6) is 0.122. The maximum Gasteiger partial charge on any atom is 0.254 e. The van der Waals surface area contributed by atoms with Gasteiger partial charge in [0, 0.05) is 11.6 Å². The van der Waals surface area contributed by atoms with E-state index in [-0.39, 0.29) is 29.6 Å². The van der Waals surface area contributed by atoms with Crippen LogP contribution in [0.25, 0.3) is 5.69 Å². The van der Waals surface area contributed by atoms with Crippen LogP contribution in [-0.4, -0.2) is 35.3 Å². The highest BCUT2D eigenvalue weighted by Gasteiger charge is 2.28. The molecule has 0 unspecified atom stereocenters. The predicted octanol–water partition coefficient (Wildman–Crippen LogP) is 4.19. The van der Waals surface area contributed by atoms with Gasteiger partial charge in [-0.15, -0.1) is 12.4 Å². The largest absolute Gasteiger partial charge is 0.351 e. The number of carbonyl (C=O) groups is 1. The first-order chi connectivity index (χ1) is 12.4. The summed E-state index contributed by atoms with van der Waals surface area (Å²) in [4.78, 5) is 12.9. The molecular weight excluding hydrogens is 383 g/mol. The maximum absolute atomic E-state index is 12.9. The minimum atomic E-state index is -0.0475. The maximum atomic E-state index is 12.9. The zero-order valence-electron chi connectivity index (χ0n) is 16.1. The van der Waals surface area contributed by atoms with Crippen molar-refractivity contribution in [2.75, 3.05) is 19.6 Å². The predicted molar refractivity (Wildman–Crippen MR) is 112 cm³/mol. The lowest BCUT2D eigenvalue weighted by atomic mass is 9.81. The topological polar surface area (TPSA) is 59.0 Å². The number of nitrogens with one attached hydrogen (secondary N) is 2. The van der Waals surface area contributed by atoms with Crippen LogP contribution in [0.4, 0.5) is 0 Å². The van der Waals surface area contributed by atoms with Crippen LogP contribution in [0.15, 0.2) is 30.5 Å². The summed E-state index contributed by atoms with van der Waals surface area (Å²) in [5.41, 5.74) is 2.63. The number of piperidine rings is 1. The molecule has 148 valence electrons. The van der Waals surface area contributed by atoms with Gasteiger partial charge in [0.2, 0.25) is 0 Å². The zero-order chi connectivity index (χ0) is 18.7. The Hall–Kier alpha value is -1.56. The van der Waals surface area contributed by atoms with Crippen molar-refractivity contribution in [3.05, 3.63) is 46.7 Å². The number of carbonyl (C=O) groups excluding carboxylic acids is 1. The van der Waals surface area contributed by atoms with Crippen molar-refractivity contribution in [1.29, 1.82) is 0 Å². The number of halogens is 2. The molecular formula is C20H28Cl2N4O. The highest BCUT2D eigenvalue weighted by atomic mass is 35.5. The molecule has 2 heterocycles. The van der Waals surface area contributed by atoms with Gasteiger partial charge < -0.3 is 10.6 Å². The van der Waals surface area contributed by atoms with Crippen LogP contribution in [0.2, 0.25) is 5.02 Å². The van der Waals surface area contributed by atoms with Crippen LogP contribution in [0.1, 0.15) is 55.6 Å². The van der Waals surface area contributed by atoms with Crippen LogP contribution in [0, 0.1) is 5.41 Å². The van der Waals surface area contributed by atoms with E-state index in [1.54, 1.807) is 6.20 Å². The molecule has 1 aliphatic rings. The van der Waals surface area contributed by atoms with Crippen LogP contribution in [-0.2, 0) is 0 Å². The van der Waals surface area contributed by atoms with Crippen molar-refractivity contribution >= 4 is 29.9 Å². The number of benzene rings is 1. The van der Waals surface area contributed by atoms with Crippen LogP contribution < -0.4 is 10.6 Å². The average molecular weight is 411 g/mol. The van der Waals surface area contributed by atoms with Gasteiger partial charge in [-0.2, -0.15) is 5.10 Å². The van der Waals surface area contributed by atoms with Crippen molar-refractivity contribution in [2.24, 2.45) is 5.41 Å². The molecule has 1 saturated heterocycles. The van der Waals surface area contributed by atoms with Crippen LogP contribution in [0.3, 0.4) is 0 Å². The monoisotopic (exact) mass is 410 g/mol. The summed E-state index contributed by atoms with van der Waals surface area (Å²) < 4.78 is 1.84. The van der Waals surface area contributed by atoms with E-state index in [1.165, 1.54) is 0 Å². The summed E-state index contributed by atoms with van der Waals surface area (Å²) in [7, 11) is 0. The number of amides is 1. The van der Waals surface area contributed by atoms with E-state index in [0.29, 0.717) is 17.1 Å². The van der Waals surface area contributed by atoms with Gasteiger partial charge in [0.1, 0.15) is 0 Å². The standard InChI is InChI=1S/C20H27ClN4O.ClH/c1-14(2)18-17(12-24-25(18)16-6-4-15(21)5-7-16)19(26)23-13-20(3)8-10-22-11-9-20;/h4-7,12,14,22H,8-11,13H2,1-3H3,(H,23,26);1H. The zero-order valence-corrected chi connectivity index (χ0v) is 17.7. The number of hydrogen-bond donors (Lipinski definition) is 2. The molecule has 1 amide bonds. The Labute approximate surface area is 172 Å². The second-order valence-electron chi connectivity index (χ2n) is 7.73. The fraction of sp³-hybridized carbons (Fsp3) is 0.500. The van der Waals surface area contributed by atoms with E-state index in [4.69, 9.17) is 11.6 Å². The number of nitrogens with zero attached hydrogens (tertiary/aromatic N) is 2. The van der Waals surface area contributed by atoms with E-state index in [0.717, 1.165) is 37.3 Å². The first-order valence-electron chi connectivity index (χ1n) is 9.22. The van der Waals surface area contributed by atoms with Crippen molar-refractivity contribution in [3.8, 4) is 5.69 Å². The lowest BCUT2D eigenvalue weighted by Crippen LogP contribution is -2.43. The third-order valence-corrected chi connectivity index (χ3v) is 5.41. The van der Waals surface area contributed by atoms with Gasteiger partial charge in [0.25, 0.3) is 5.91 Å². The van der Waals surface area contributed by atoms with E-state index in [2.05, 4.69) is 36.5 Å². The van der Waals surface area contributed by atoms with Crippen molar-refractivity contribution < 1.29 is 4.79 Å². The summed E-state index contributed by atoms with van der Waals surface area (Å²) in [6.07, 6.45) is 3.83. The quantitative estimate of drug-likeness (QED) is 0.776. The summed E-state index contributed by atoms with van der Waals surface area (Å²) in [6.45, 7) is 9.12. The molecule has 0 spiro atoms. The number of hydrogen-bond acceptors (Lipinski definition) is 3. The third kappa shape index (κ3) is 5.03. The molecule has 3 rings (SSSR count). The van der Waals surface area contributed by atoms with Gasteiger partial charge >= 0.3 is 0 Å². The molecule has 0 saturated carbocycles. The Kier molecular flexibility index (Phi) is 7.32. The molecule has 0 radical (unpaired) electrons. The molecule has 1 aliphatic heterocycles. The Morgan fingerprint density at radius 2 is 1.93 bits per heavy atom. The summed E-state index contributed by atoms with van der Waals surface area (Å²) >= 11 is 5.99. The molecule has 0 bridgehead atoms. The smallest absolute Gasteiger partial charge is 0.254 e. The Morgan fingerprint density at radius 3 is 2.52 bits per heavy atom. The molecule has 0 atom stereocenters. The highest BCUT2D eigenvalue weighted by Crippen LogP contribution is 2.28. The van der Waals surface area contributed by atoms with Crippen LogP contribution in [0.5, 0.6) is 0 Å². The second-order valence-corrected chi connectivity index (χ2v) is 8.17. The summed E-state index contributed by atoms with van der Waals surface area (Å²) in [6, 6.07) is 7.50. The van der Waals surface area contributed by atoms with Crippen molar-refractivity contribution in [2.45, 2.75) is 39.5 Å². The molecule has 1 aromatic heterocycles. The lowest BCUT2D eigenvalue weighted by Gasteiger charge is -2.34. The van der Waals surface area contributed by atoms with Crippen molar-refractivity contribution in [3.63, 3.8) is 0 Å².